The maximum atomic E-state index is 12.9. The number of rotatable bonds is 7. The third-order valence-corrected chi connectivity index (χ3v) is 9.20. The third kappa shape index (κ3) is 5.64. The Morgan fingerprint density at radius 1 is 1.00 bits per heavy atom. The Balaban J connectivity index is 1.22. The van der Waals surface area contributed by atoms with E-state index in [1.807, 2.05) is 18.2 Å². The van der Waals surface area contributed by atoms with Crippen molar-refractivity contribution < 1.29 is 22.7 Å². The molecule has 3 aliphatic rings. The molecular weight excluding hydrogens is 517 g/mol. The molecule has 3 unspecified atom stereocenters. The lowest BCUT2D eigenvalue weighted by atomic mass is 9.59. The smallest absolute Gasteiger partial charge is 0.416 e. The van der Waals surface area contributed by atoms with Gasteiger partial charge < -0.3 is 19.9 Å². The van der Waals surface area contributed by atoms with Gasteiger partial charge in [0.1, 0.15) is 6.10 Å². The molecule has 1 N–H and O–H groups in total. The van der Waals surface area contributed by atoms with Gasteiger partial charge in [-0.05, 0) is 80.9 Å². The Hall–Kier alpha value is -3.25. The van der Waals surface area contributed by atoms with Gasteiger partial charge in [-0.3, -0.25) is 0 Å². The van der Waals surface area contributed by atoms with Crippen LogP contribution in [0.2, 0.25) is 0 Å². The lowest BCUT2D eigenvalue weighted by Gasteiger charge is -2.48. The minimum Gasteiger partial charge on any atom is -0.446 e. The third-order valence-electron chi connectivity index (χ3n) is 9.20. The summed E-state index contributed by atoms with van der Waals surface area (Å²) in [5.41, 5.74) is 0.497. The van der Waals surface area contributed by atoms with Gasteiger partial charge in [0.05, 0.1) is 17.0 Å². The Labute approximate surface area is 234 Å². The molecule has 214 valence electrons. The number of piperidine rings is 1. The van der Waals surface area contributed by atoms with Gasteiger partial charge in [0.15, 0.2) is 0 Å². The number of anilines is 1. The summed E-state index contributed by atoms with van der Waals surface area (Å²) in [6, 6.07) is 18.2. The number of ether oxygens (including phenoxy) is 1. The average molecular weight is 555 g/mol. The lowest BCUT2D eigenvalue weighted by molar-refractivity contribution is -0.137. The van der Waals surface area contributed by atoms with Crippen molar-refractivity contribution in [3.8, 4) is 6.07 Å². The van der Waals surface area contributed by atoms with Crippen LogP contribution in [0.5, 0.6) is 0 Å². The Kier molecular flexibility index (Phi) is 8.27. The summed E-state index contributed by atoms with van der Waals surface area (Å²) in [4.78, 5) is 16.7. The van der Waals surface area contributed by atoms with Crippen molar-refractivity contribution in [1.29, 1.82) is 5.26 Å². The average Bonchev–Trinajstić information content (AvgIpc) is 3.40. The van der Waals surface area contributed by atoms with Crippen LogP contribution in [-0.4, -0.2) is 56.9 Å². The maximum Gasteiger partial charge on any atom is 0.416 e. The molecule has 2 aliphatic heterocycles. The highest BCUT2D eigenvalue weighted by atomic mass is 19.4. The van der Waals surface area contributed by atoms with Crippen LogP contribution in [0.1, 0.15) is 43.2 Å². The molecule has 1 amide bonds. The molecule has 6 nitrogen and oxygen atoms in total. The van der Waals surface area contributed by atoms with E-state index in [-0.39, 0.29) is 17.9 Å². The Morgan fingerprint density at radius 2 is 1.68 bits per heavy atom. The van der Waals surface area contributed by atoms with Gasteiger partial charge in [-0.1, -0.05) is 30.3 Å². The molecule has 1 saturated carbocycles. The second-order valence-electron chi connectivity index (χ2n) is 11.5. The first-order valence-corrected chi connectivity index (χ1v) is 14.2. The first kappa shape index (κ1) is 28.3. The molecule has 0 aromatic heterocycles. The number of halogens is 3. The van der Waals surface area contributed by atoms with Crippen molar-refractivity contribution in [2.45, 2.75) is 49.8 Å². The number of likely N-dealkylation sites (tertiary alicyclic amines) is 1. The number of nitrogens with zero attached hydrogens (tertiary/aromatic N) is 3. The van der Waals surface area contributed by atoms with Gasteiger partial charge >= 0.3 is 12.3 Å². The van der Waals surface area contributed by atoms with Crippen LogP contribution in [0, 0.1) is 29.1 Å². The van der Waals surface area contributed by atoms with Gasteiger partial charge in [0, 0.05) is 44.2 Å². The summed E-state index contributed by atoms with van der Waals surface area (Å²) in [5, 5.41) is 13.4. The molecule has 0 radical (unpaired) electrons. The number of alkyl halides is 3. The predicted octanol–water partition coefficient (Wildman–Crippen LogP) is 5.84. The highest BCUT2D eigenvalue weighted by molar-refractivity contribution is 5.67. The molecule has 2 heterocycles. The normalized spacial score (nSPS) is 24.1. The fourth-order valence-electron chi connectivity index (χ4n) is 7.18. The number of hydrogen-bond acceptors (Lipinski definition) is 5. The quantitative estimate of drug-likeness (QED) is 0.466. The van der Waals surface area contributed by atoms with Crippen molar-refractivity contribution in [3.63, 3.8) is 0 Å². The standard InChI is InChI=1S/C31H37F3N4O2/c1-36-29(39)40-28-9-5-8-27(28)30(21-35,23-6-3-2-4-7-23)24-14-16-37(17-15-24)18-22-19-38(20-22)26-12-10-25(11-13-26)31(32,33)34/h2-4,6-7,10-13,22,24,27-28H,5,8-9,14-20H2,1H3,(H,36,39). The molecule has 3 fully saturated rings. The van der Waals surface area contributed by atoms with Gasteiger partial charge in [-0.2, -0.15) is 18.4 Å². The van der Waals surface area contributed by atoms with Crippen LogP contribution in [0.25, 0.3) is 0 Å². The number of hydrogen-bond donors (Lipinski definition) is 1. The van der Waals surface area contributed by atoms with Gasteiger partial charge in [-0.25, -0.2) is 4.79 Å². The second kappa shape index (κ2) is 11.7. The minimum atomic E-state index is -4.32. The molecule has 1 aliphatic carbocycles. The largest absolute Gasteiger partial charge is 0.446 e. The fraction of sp³-hybridized carbons (Fsp3) is 0.548. The van der Waals surface area contributed by atoms with Crippen molar-refractivity contribution in [2.24, 2.45) is 17.8 Å². The summed E-state index contributed by atoms with van der Waals surface area (Å²) in [7, 11) is 1.56. The van der Waals surface area contributed by atoms with E-state index in [2.05, 4.69) is 33.3 Å². The SMILES string of the molecule is CNC(=O)OC1CCCC1C(C#N)(c1ccccc1)C1CCN(CC2CN(c3ccc(C(F)(F)F)cc3)C2)CC1. The number of alkyl carbamates (subject to hydrolysis) is 1. The maximum absolute atomic E-state index is 12.9. The van der Waals surface area contributed by atoms with Crippen molar-refractivity contribution in [2.75, 3.05) is 44.7 Å². The molecular formula is C31H37F3N4O2. The van der Waals surface area contributed by atoms with E-state index >= 15 is 0 Å². The summed E-state index contributed by atoms with van der Waals surface area (Å²) >= 11 is 0. The lowest BCUT2D eigenvalue weighted by Crippen LogP contribution is -2.54. The predicted molar refractivity (Wildman–Crippen MR) is 147 cm³/mol. The van der Waals surface area contributed by atoms with Crippen LogP contribution >= 0.6 is 0 Å². The molecule has 2 aromatic carbocycles. The number of nitriles is 1. The van der Waals surface area contributed by atoms with Crippen molar-refractivity contribution >= 4 is 11.8 Å². The zero-order valence-electron chi connectivity index (χ0n) is 22.9. The first-order valence-electron chi connectivity index (χ1n) is 14.2. The highest BCUT2D eigenvalue weighted by Crippen LogP contribution is 2.51. The van der Waals surface area contributed by atoms with Crippen LogP contribution < -0.4 is 10.2 Å². The Morgan fingerprint density at radius 3 is 2.27 bits per heavy atom. The molecule has 9 heteroatoms. The van der Waals surface area contributed by atoms with E-state index in [1.165, 1.54) is 0 Å². The molecule has 0 bridgehead atoms. The highest BCUT2D eigenvalue weighted by Gasteiger charge is 2.53. The van der Waals surface area contributed by atoms with E-state index in [0.717, 1.165) is 88.2 Å². The first-order chi connectivity index (χ1) is 19.2. The molecule has 3 atom stereocenters. The molecule has 0 spiro atoms. The Bertz CT molecular complexity index is 1190. The van der Waals surface area contributed by atoms with E-state index in [9.17, 15) is 23.2 Å². The van der Waals surface area contributed by atoms with E-state index in [0.29, 0.717) is 5.92 Å². The zero-order valence-corrected chi connectivity index (χ0v) is 22.9. The van der Waals surface area contributed by atoms with Gasteiger partial charge in [0.25, 0.3) is 0 Å². The molecule has 5 rings (SSSR count). The van der Waals surface area contributed by atoms with Crippen molar-refractivity contribution in [1.82, 2.24) is 10.2 Å². The molecule has 40 heavy (non-hydrogen) atoms. The number of carbonyl (C=O) groups excluding carboxylic acids is 1. The van der Waals surface area contributed by atoms with E-state index in [4.69, 9.17) is 4.74 Å². The van der Waals surface area contributed by atoms with Gasteiger partial charge in [-0.15, -0.1) is 0 Å². The fourth-order valence-corrected chi connectivity index (χ4v) is 7.18. The zero-order chi connectivity index (χ0) is 28.3. The second-order valence-corrected chi connectivity index (χ2v) is 11.5. The number of carbonyl (C=O) groups is 1. The van der Waals surface area contributed by atoms with Crippen molar-refractivity contribution in [3.05, 3.63) is 65.7 Å². The number of nitrogens with one attached hydrogen (secondary N) is 1. The summed E-state index contributed by atoms with van der Waals surface area (Å²) in [6.07, 6.45) is -0.722. The minimum absolute atomic E-state index is 0.0577. The topological polar surface area (TPSA) is 68.6 Å². The summed E-state index contributed by atoms with van der Waals surface area (Å²) in [6.45, 7) is 4.40. The van der Waals surface area contributed by atoms with Gasteiger partial charge in [0.2, 0.25) is 0 Å². The number of amides is 1. The molecule has 2 saturated heterocycles. The van der Waals surface area contributed by atoms with Crippen LogP contribution in [-0.2, 0) is 16.3 Å². The van der Waals surface area contributed by atoms with Crippen LogP contribution in [0.3, 0.4) is 0 Å². The van der Waals surface area contributed by atoms with E-state index in [1.54, 1.807) is 19.2 Å². The summed E-state index contributed by atoms with van der Waals surface area (Å²) < 4.78 is 44.4. The number of benzene rings is 2. The monoisotopic (exact) mass is 554 g/mol. The summed E-state index contributed by atoms with van der Waals surface area (Å²) in [5.74, 6) is 0.562. The van der Waals surface area contributed by atoms with E-state index < -0.39 is 23.2 Å². The molecule has 2 aromatic rings. The van der Waals surface area contributed by atoms with Crippen LogP contribution in [0.15, 0.2) is 54.6 Å². The van der Waals surface area contributed by atoms with Crippen LogP contribution in [0.4, 0.5) is 23.7 Å².